The third-order valence-electron chi connectivity index (χ3n) is 3.44. The summed E-state index contributed by atoms with van der Waals surface area (Å²) in [7, 11) is 0. The van der Waals surface area contributed by atoms with Crippen LogP contribution in [-0.2, 0) is 20.1 Å². The van der Waals surface area contributed by atoms with Crippen molar-refractivity contribution in [3.05, 3.63) is 78.0 Å². The van der Waals surface area contributed by atoms with Gasteiger partial charge in [-0.3, -0.25) is 0 Å². The molecule has 0 N–H and O–H groups in total. The van der Waals surface area contributed by atoms with E-state index < -0.39 is 0 Å². The van der Waals surface area contributed by atoms with Crippen molar-refractivity contribution in [3.8, 4) is 22.4 Å². The van der Waals surface area contributed by atoms with Gasteiger partial charge in [-0.05, 0) is 36.2 Å². The molecule has 0 fully saturated rings. The number of hydrogen-bond donors (Lipinski definition) is 0. The Hall–Kier alpha value is -1.70. The van der Waals surface area contributed by atoms with Crippen LogP contribution in [0.5, 0.6) is 0 Å². The fraction of sp³-hybridized carbons (Fsp3) is 0.150. The molecule has 0 unspecified atom stereocenters. The molecule has 118 valence electrons. The number of benzene rings is 2. The molecule has 3 rings (SSSR count). The number of nitrogens with zero attached hydrogens (tertiary/aromatic N) is 1. The molecule has 3 heteroatoms. The van der Waals surface area contributed by atoms with Gasteiger partial charge in [-0.15, -0.1) is 35.4 Å². The van der Waals surface area contributed by atoms with Crippen molar-refractivity contribution in [3.63, 3.8) is 0 Å². The Morgan fingerprint density at radius 3 is 2.35 bits per heavy atom. The standard InChI is InChI=1S/C19H16N.CH4.B.Ir/c1-14-10-11-19(20-13-14)17-8-5-7-16(12-17)18-9-4-3-6-15(18)2;;;/h3-7,9-13H,1-2H3;1H4;;/q-1;;;. The summed E-state index contributed by atoms with van der Waals surface area (Å²) in [4.78, 5) is 4.47. The monoisotopic (exact) mass is 478 g/mol. The van der Waals surface area contributed by atoms with E-state index >= 15 is 0 Å². The third kappa shape index (κ3) is 4.89. The molecule has 0 aliphatic carbocycles. The van der Waals surface area contributed by atoms with Crippen LogP contribution in [0.4, 0.5) is 0 Å². The van der Waals surface area contributed by atoms with Gasteiger partial charge in [0.25, 0.3) is 0 Å². The zero-order valence-corrected chi connectivity index (χ0v) is 15.0. The maximum absolute atomic E-state index is 4.47. The van der Waals surface area contributed by atoms with Crippen LogP contribution in [0, 0.1) is 19.9 Å². The molecule has 0 atom stereocenters. The Balaban J connectivity index is 0.00000161. The minimum Gasteiger partial charge on any atom is -0.304 e. The summed E-state index contributed by atoms with van der Waals surface area (Å²) < 4.78 is 0. The van der Waals surface area contributed by atoms with Crippen LogP contribution in [-0.4, -0.2) is 13.4 Å². The number of pyridine rings is 1. The predicted molar refractivity (Wildman–Crippen MR) is 95.9 cm³/mol. The number of aryl methyl sites for hydroxylation is 2. The topological polar surface area (TPSA) is 12.9 Å². The van der Waals surface area contributed by atoms with E-state index in [9.17, 15) is 0 Å². The van der Waals surface area contributed by atoms with Gasteiger partial charge >= 0.3 is 0 Å². The second-order valence-corrected chi connectivity index (χ2v) is 5.03. The Morgan fingerprint density at radius 2 is 1.70 bits per heavy atom. The Bertz CT molecular complexity index is 739. The Labute approximate surface area is 155 Å². The van der Waals surface area contributed by atoms with Gasteiger partial charge in [-0.2, -0.15) is 0 Å². The summed E-state index contributed by atoms with van der Waals surface area (Å²) >= 11 is 0. The molecular formula is C20H20BIrN-. The smallest absolute Gasteiger partial charge is 0.0190 e. The van der Waals surface area contributed by atoms with Crippen LogP contribution < -0.4 is 0 Å². The summed E-state index contributed by atoms with van der Waals surface area (Å²) in [5.41, 5.74) is 6.91. The molecule has 23 heavy (non-hydrogen) atoms. The first-order valence-corrected chi connectivity index (χ1v) is 6.75. The van der Waals surface area contributed by atoms with E-state index in [1.165, 1.54) is 22.3 Å². The maximum Gasteiger partial charge on any atom is 0.0190 e. The zero-order valence-electron chi connectivity index (χ0n) is 12.6. The van der Waals surface area contributed by atoms with Gasteiger partial charge in [0.2, 0.25) is 0 Å². The molecule has 0 aliphatic heterocycles. The molecule has 0 bridgehead atoms. The third-order valence-corrected chi connectivity index (χ3v) is 3.44. The summed E-state index contributed by atoms with van der Waals surface area (Å²) in [6, 6.07) is 22.0. The van der Waals surface area contributed by atoms with Gasteiger partial charge in [-0.1, -0.05) is 43.8 Å². The van der Waals surface area contributed by atoms with E-state index in [0.717, 1.165) is 11.3 Å². The van der Waals surface area contributed by atoms with Crippen molar-refractivity contribution in [1.82, 2.24) is 4.98 Å². The molecule has 3 aromatic rings. The summed E-state index contributed by atoms with van der Waals surface area (Å²) in [5.74, 6) is 0. The van der Waals surface area contributed by atoms with E-state index in [-0.39, 0.29) is 35.9 Å². The van der Waals surface area contributed by atoms with Gasteiger partial charge in [0.05, 0.1) is 0 Å². The quantitative estimate of drug-likeness (QED) is 0.371. The van der Waals surface area contributed by atoms with E-state index in [2.05, 4.69) is 60.4 Å². The summed E-state index contributed by atoms with van der Waals surface area (Å²) in [5, 5.41) is 0. The van der Waals surface area contributed by atoms with Crippen molar-refractivity contribution >= 4 is 8.41 Å². The molecule has 1 nitrogen and oxygen atoms in total. The first-order chi connectivity index (χ1) is 9.74. The zero-order chi connectivity index (χ0) is 13.9. The van der Waals surface area contributed by atoms with Crippen LogP contribution in [0.2, 0.25) is 0 Å². The number of aromatic nitrogens is 1. The normalized spacial score (nSPS) is 9.13. The van der Waals surface area contributed by atoms with Gasteiger partial charge < -0.3 is 4.98 Å². The largest absolute Gasteiger partial charge is 0.304 e. The van der Waals surface area contributed by atoms with Crippen molar-refractivity contribution in [1.29, 1.82) is 0 Å². The second-order valence-electron chi connectivity index (χ2n) is 5.03. The number of rotatable bonds is 2. The molecular weight excluding hydrogens is 457 g/mol. The van der Waals surface area contributed by atoms with Gasteiger partial charge in [-0.25, -0.2) is 0 Å². The van der Waals surface area contributed by atoms with Crippen molar-refractivity contribution in [2.45, 2.75) is 21.3 Å². The van der Waals surface area contributed by atoms with Crippen LogP contribution in [0.1, 0.15) is 18.6 Å². The molecule has 0 saturated carbocycles. The van der Waals surface area contributed by atoms with Crippen LogP contribution in [0.25, 0.3) is 22.4 Å². The van der Waals surface area contributed by atoms with Crippen molar-refractivity contribution in [2.75, 3.05) is 0 Å². The van der Waals surface area contributed by atoms with E-state index in [1.54, 1.807) is 0 Å². The van der Waals surface area contributed by atoms with Crippen LogP contribution in [0.15, 0.2) is 60.8 Å². The molecule has 0 spiro atoms. The Morgan fingerprint density at radius 1 is 0.957 bits per heavy atom. The molecule has 1 aromatic heterocycles. The molecule has 1 heterocycles. The first-order valence-electron chi connectivity index (χ1n) is 6.75. The van der Waals surface area contributed by atoms with E-state index in [4.69, 9.17) is 0 Å². The van der Waals surface area contributed by atoms with Crippen molar-refractivity contribution < 1.29 is 20.1 Å². The predicted octanol–water partition coefficient (Wildman–Crippen LogP) is 5.09. The molecule has 4 radical (unpaired) electrons. The maximum atomic E-state index is 4.47. The van der Waals surface area contributed by atoms with Gasteiger partial charge in [0.15, 0.2) is 0 Å². The SMILES string of the molecule is C.Cc1ccc(-c2[c-]ccc(-c3ccccc3C)c2)nc1.[B].[Ir]. The molecule has 0 aliphatic rings. The summed E-state index contributed by atoms with van der Waals surface area (Å²) in [6.07, 6.45) is 1.89. The minimum atomic E-state index is 0. The van der Waals surface area contributed by atoms with E-state index in [0.29, 0.717) is 0 Å². The fourth-order valence-electron chi connectivity index (χ4n) is 2.31. The van der Waals surface area contributed by atoms with Crippen molar-refractivity contribution in [2.24, 2.45) is 0 Å². The average molecular weight is 477 g/mol. The van der Waals surface area contributed by atoms with Crippen LogP contribution in [0.3, 0.4) is 0 Å². The molecule has 0 amide bonds. The Kier molecular flexibility index (Phi) is 8.75. The fourth-order valence-corrected chi connectivity index (χ4v) is 2.31. The molecule has 0 saturated heterocycles. The average Bonchev–Trinajstić information content (AvgIpc) is 2.49. The number of hydrogen-bond acceptors (Lipinski definition) is 1. The minimum absolute atomic E-state index is 0. The first kappa shape index (κ1) is 21.3. The van der Waals surface area contributed by atoms with Gasteiger partial charge in [0.1, 0.15) is 0 Å². The van der Waals surface area contributed by atoms with Gasteiger partial charge in [0, 0.05) is 34.7 Å². The second kappa shape index (κ2) is 9.44. The van der Waals surface area contributed by atoms with Crippen LogP contribution >= 0.6 is 0 Å². The molecule has 2 aromatic carbocycles. The summed E-state index contributed by atoms with van der Waals surface area (Å²) in [6.45, 7) is 4.18. The van der Waals surface area contributed by atoms with E-state index in [1.807, 2.05) is 25.3 Å².